The predicted molar refractivity (Wildman–Crippen MR) is 66.3 cm³/mol. The fourth-order valence-corrected chi connectivity index (χ4v) is 1.45. The third-order valence-corrected chi connectivity index (χ3v) is 2.91. The van der Waals surface area contributed by atoms with Gasteiger partial charge in [0, 0.05) is 5.56 Å². The molecule has 0 radical (unpaired) electrons. The van der Waals surface area contributed by atoms with Crippen molar-refractivity contribution in [2.24, 2.45) is 5.73 Å². The average Bonchev–Trinajstić information content (AvgIpc) is 2.89. The minimum atomic E-state index is -0.603. The molecule has 0 aliphatic carbocycles. The van der Waals surface area contributed by atoms with Crippen molar-refractivity contribution < 1.29 is 4.52 Å². The highest BCUT2D eigenvalue weighted by atomic mass is 16.5. The fourth-order valence-electron chi connectivity index (χ4n) is 1.45. The van der Waals surface area contributed by atoms with E-state index in [2.05, 4.69) is 16.2 Å². The Labute approximate surface area is 105 Å². The second kappa shape index (κ2) is 4.59. The van der Waals surface area contributed by atoms with E-state index in [0.717, 1.165) is 5.56 Å². The molecule has 0 aliphatic rings. The third-order valence-electron chi connectivity index (χ3n) is 2.91. The first-order valence-electron chi connectivity index (χ1n) is 5.70. The maximum Gasteiger partial charge on any atom is 0.258 e. The second-order valence-electron chi connectivity index (χ2n) is 4.39. The second-order valence-corrected chi connectivity index (χ2v) is 4.39. The van der Waals surface area contributed by atoms with Gasteiger partial charge >= 0.3 is 0 Å². The molecule has 1 atom stereocenters. The van der Waals surface area contributed by atoms with Crippen LogP contribution in [0.25, 0.3) is 11.5 Å². The Morgan fingerprint density at radius 2 is 2.28 bits per heavy atom. The Hall–Kier alpha value is -2.19. The molecule has 0 saturated carbocycles. The molecule has 5 heteroatoms. The molecule has 1 aromatic heterocycles. The van der Waals surface area contributed by atoms with Crippen LogP contribution in [0.4, 0.5) is 0 Å². The van der Waals surface area contributed by atoms with Crippen LogP contribution in [-0.2, 0) is 5.54 Å². The number of nitrogens with zero attached hydrogens (tertiary/aromatic N) is 3. The van der Waals surface area contributed by atoms with Gasteiger partial charge in [0.15, 0.2) is 5.82 Å². The average molecular weight is 242 g/mol. The Morgan fingerprint density at radius 3 is 2.94 bits per heavy atom. The zero-order valence-electron chi connectivity index (χ0n) is 10.3. The molecule has 2 rings (SSSR count). The summed E-state index contributed by atoms with van der Waals surface area (Å²) in [4.78, 5) is 4.29. The molecule has 2 N–H and O–H groups in total. The van der Waals surface area contributed by atoms with E-state index in [0.29, 0.717) is 23.7 Å². The van der Waals surface area contributed by atoms with Crippen molar-refractivity contribution >= 4 is 0 Å². The molecule has 5 nitrogen and oxygen atoms in total. The molecule has 2 aromatic rings. The summed E-state index contributed by atoms with van der Waals surface area (Å²) in [6, 6.07) is 9.09. The molecule has 0 spiro atoms. The first kappa shape index (κ1) is 12.3. The van der Waals surface area contributed by atoms with Crippen LogP contribution in [0.3, 0.4) is 0 Å². The lowest BCUT2D eigenvalue weighted by molar-refractivity contribution is 0.379. The van der Waals surface area contributed by atoms with E-state index in [1.165, 1.54) is 0 Å². The largest absolute Gasteiger partial charge is 0.334 e. The monoisotopic (exact) mass is 242 g/mol. The molecular weight excluding hydrogens is 228 g/mol. The van der Waals surface area contributed by atoms with Gasteiger partial charge in [-0.1, -0.05) is 18.1 Å². The lowest BCUT2D eigenvalue weighted by Crippen LogP contribution is -2.33. The molecule has 0 bridgehead atoms. The normalized spacial score (nSPS) is 13.9. The molecule has 0 aliphatic heterocycles. The molecular formula is C13H14N4O. The van der Waals surface area contributed by atoms with Crippen LogP contribution < -0.4 is 5.73 Å². The van der Waals surface area contributed by atoms with Crippen LogP contribution in [0.1, 0.15) is 31.7 Å². The molecule has 1 unspecified atom stereocenters. The number of hydrogen-bond donors (Lipinski definition) is 1. The molecule has 18 heavy (non-hydrogen) atoms. The summed E-state index contributed by atoms with van der Waals surface area (Å²) in [5.74, 6) is 0.856. The van der Waals surface area contributed by atoms with Crippen LogP contribution in [0, 0.1) is 11.3 Å². The van der Waals surface area contributed by atoms with Crippen molar-refractivity contribution in [1.82, 2.24) is 10.1 Å². The molecule has 0 saturated heterocycles. The van der Waals surface area contributed by atoms with Gasteiger partial charge < -0.3 is 10.3 Å². The van der Waals surface area contributed by atoms with E-state index in [4.69, 9.17) is 15.5 Å². The summed E-state index contributed by atoms with van der Waals surface area (Å²) >= 11 is 0. The van der Waals surface area contributed by atoms with E-state index in [9.17, 15) is 0 Å². The summed E-state index contributed by atoms with van der Waals surface area (Å²) in [6.45, 7) is 3.82. The smallest absolute Gasteiger partial charge is 0.258 e. The van der Waals surface area contributed by atoms with Crippen molar-refractivity contribution in [3.63, 3.8) is 0 Å². The molecule has 1 heterocycles. The van der Waals surface area contributed by atoms with Gasteiger partial charge in [-0.3, -0.25) is 0 Å². The number of hydrogen-bond acceptors (Lipinski definition) is 5. The van der Waals surface area contributed by atoms with E-state index in [1.807, 2.05) is 19.9 Å². The van der Waals surface area contributed by atoms with Crippen molar-refractivity contribution in [3.8, 4) is 17.5 Å². The zero-order chi connectivity index (χ0) is 13.2. The van der Waals surface area contributed by atoms with Crippen LogP contribution in [-0.4, -0.2) is 10.1 Å². The number of rotatable bonds is 3. The van der Waals surface area contributed by atoms with Gasteiger partial charge in [-0.05, 0) is 31.5 Å². The predicted octanol–water partition coefficient (Wildman–Crippen LogP) is 2.19. The number of benzene rings is 1. The van der Waals surface area contributed by atoms with Gasteiger partial charge in [-0.25, -0.2) is 0 Å². The Kier molecular flexibility index (Phi) is 3.13. The van der Waals surface area contributed by atoms with Crippen molar-refractivity contribution in [2.45, 2.75) is 25.8 Å². The van der Waals surface area contributed by atoms with Crippen LogP contribution in [0.2, 0.25) is 0 Å². The van der Waals surface area contributed by atoms with Gasteiger partial charge in [0.05, 0.1) is 17.2 Å². The van der Waals surface area contributed by atoms with Crippen molar-refractivity contribution in [1.29, 1.82) is 5.26 Å². The van der Waals surface area contributed by atoms with Gasteiger partial charge in [-0.15, -0.1) is 0 Å². The van der Waals surface area contributed by atoms with E-state index in [-0.39, 0.29) is 0 Å². The number of aromatic nitrogens is 2. The van der Waals surface area contributed by atoms with Crippen LogP contribution in [0.15, 0.2) is 28.8 Å². The van der Waals surface area contributed by atoms with Crippen molar-refractivity contribution in [3.05, 3.63) is 35.7 Å². The summed E-state index contributed by atoms with van der Waals surface area (Å²) in [5.41, 5.74) is 6.72. The maximum atomic E-state index is 8.84. The highest BCUT2D eigenvalue weighted by molar-refractivity contribution is 5.56. The highest BCUT2D eigenvalue weighted by Crippen LogP contribution is 2.23. The van der Waals surface area contributed by atoms with Gasteiger partial charge in [0.1, 0.15) is 0 Å². The minimum Gasteiger partial charge on any atom is -0.334 e. The lowest BCUT2D eigenvalue weighted by atomic mass is 10.00. The Bertz CT molecular complexity index is 595. The van der Waals surface area contributed by atoms with E-state index in [1.54, 1.807) is 18.2 Å². The van der Waals surface area contributed by atoms with E-state index < -0.39 is 5.54 Å². The fraction of sp³-hybridized carbons (Fsp3) is 0.308. The third kappa shape index (κ3) is 2.24. The summed E-state index contributed by atoms with van der Waals surface area (Å²) < 4.78 is 5.19. The molecule has 0 amide bonds. The number of nitriles is 1. The van der Waals surface area contributed by atoms with Gasteiger partial charge in [0.25, 0.3) is 5.89 Å². The summed E-state index contributed by atoms with van der Waals surface area (Å²) in [7, 11) is 0. The van der Waals surface area contributed by atoms with Crippen LogP contribution in [0.5, 0.6) is 0 Å². The maximum absolute atomic E-state index is 8.84. The molecule has 92 valence electrons. The summed E-state index contributed by atoms with van der Waals surface area (Å²) in [6.07, 6.45) is 0.713. The first-order chi connectivity index (χ1) is 8.56. The van der Waals surface area contributed by atoms with Gasteiger partial charge in [0.2, 0.25) is 0 Å². The molecule has 0 fully saturated rings. The SMILES string of the molecule is CCC(C)(N)c1noc(-c2cccc(C#N)c2)n1. The summed E-state index contributed by atoms with van der Waals surface area (Å²) in [5, 5.41) is 12.7. The standard InChI is InChI=1S/C13H14N4O/c1-3-13(2,15)12-16-11(18-17-12)10-6-4-5-9(7-10)8-14/h4-7H,3,15H2,1-2H3. The Balaban J connectivity index is 2.38. The lowest BCUT2D eigenvalue weighted by Gasteiger charge is -2.16. The van der Waals surface area contributed by atoms with Crippen molar-refractivity contribution in [2.75, 3.05) is 0 Å². The minimum absolute atomic E-state index is 0.382. The van der Waals surface area contributed by atoms with Crippen LogP contribution >= 0.6 is 0 Å². The first-order valence-corrected chi connectivity index (χ1v) is 5.70. The van der Waals surface area contributed by atoms with Gasteiger partial charge in [-0.2, -0.15) is 10.2 Å². The number of nitrogens with two attached hydrogens (primary N) is 1. The van der Waals surface area contributed by atoms with E-state index >= 15 is 0 Å². The zero-order valence-corrected chi connectivity index (χ0v) is 10.3. The highest BCUT2D eigenvalue weighted by Gasteiger charge is 2.25. The Morgan fingerprint density at radius 1 is 1.50 bits per heavy atom. The quantitative estimate of drug-likeness (QED) is 0.891. The molecule has 1 aromatic carbocycles. The topological polar surface area (TPSA) is 88.7 Å².